The first-order valence-electron chi connectivity index (χ1n) is 4.28. The van der Waals surface area contributed by atoms with Gasteiger partial charge in [-0.15, -0.1) is 0 Å². The van der Waals surface area contributed by atoms with Gasteiger partial charge in [0.05, 0.1) is 6.54 Å². The van der Waals surface area contributed by atoms with Crippen molar-refractivity contribution in [3.05, 3.63) is 29.3 Å². The Kier molecular flexibility index (Phi) is 1.75. The third kappa shape index (κ3) is 1.64. The normalized spacial score (nSPS) is 19.0. The molecule has 1 N–H and O–H groups in total. The van der Waals surface area contributed by atoms with Crippen LogP contribution in [0.5, 0.6) is 0 Å². The smallest absolute Gasteiger partial charge is 0.269 e. The summed E-state index contributed by atoms with van der Waals surface area (Å²) >= 11 is 0. The van der Waals surface area contributed by atoms with E-state index in [1.54, 1.807) is 0 Å². The number of aryl methyl sites for hydroxylation is 1. The summed E-state index contributed by atoms with van der Waals surface area (Å²) < 4.78 is 25.9. The first kappa shape index (κ1) is 8.48. The van der Waals surface area contributed by atoms with Crippen LogP contribution in [0.1, 0.15) is 11.1 Å². The Bertz CT molecular complexity index is 334. The Morgan fingerprint density at radius 2 is 2.15 bits per heavy atom. The molecule has 0 atom stereocenters. The minimum Gasteiger partial charge on any atom is -0.379 e. The molecule has 0 unspecified atom stereocenters. The van der Waals surface area contributed by atoms with Crippen molar-refractivity contribution in [1.29, 1.82) is 0 Å². The van der Waals surface area contributed by atoms with Crippen LogP contribution in [0, 0.1) is 6.92 Å². The van der Waals surface area contributed by atoms with E-state index in [-0.39, 0.29) is 13.0 Å². The summed E-state index contributed by atoms with van der Waals surface area (Å²) in [5.41, 5.74) is 2.59. The van der Waals surface area contributed by atoms with Crippen molar-refractivity contribution in [3.63, 3.8) is 0 Å². The highest BCUT2D eigenvalue weighted by Gasteiger charge is 2.33. The number of halogens is 2. The van der Waals surface area contributed by atoms with Crippen molar-refractivity contribution in [2.24, 2.45) is 0 Å². The van der Waals surface area contributed by atoms with Crippen molar-refractivity contribution < 1.29 is 8.78 Å². The van der Waals surface area contributed by atoms with E-state index in [0.29, 0.717) is 0 Å². The van der Waals surface area contributed by atoms with Gasteiger partial charge in [-0.25, -0.2) is 8.78 Å². The van der Waals surface area contributed by atoms with Crippen LogP contribution in [0.3, 0.4) is 0 Å². The maximum atomic E-state index is 13.0. The van der Waals surface area contributed by atoms with Crippen molar-refractivity contribution >= 4 is 5.69 Å². The van der Waals surface area contributed by atoms with Gasteiger partial charge in [-0.3, -0.25) is 0 Å². The van der Waals surface area contributed by atoms with Crippen LogP contribution >= 0.6 is 0 Å². The van der Waals surface area contributed by atoms with Crippen LogP contribution in [-0.2, 0) is 6.42 Å². The molecule has 70 valence electrons. The Morgan fingerprint density at radius 3 is 2.92 bits per heavy atom. The maximum absolute atomic E-state index is 13.0. The highest BCUT2D eigenvalue weighted by molar-refractivity contribution is 5.55. The van der Waals surface area contributed by atoms with Crippen LogP contribution in [-0.4, -0.2) is 12.5 Å². The predicted molar refractivity (Wildman–Crippen MR) is 48.3 cm³/mol. The minimum atomic E-state index is -2.60. The molecule has 1 heterocycles. The highest BCUT2D eigenvalue weighted by Crippen LogP contribution is 2.30. The van der Waals surface area contributed by atoms with Gasteiger partial charge < -0.3 is 5.32 Å². The van der Waals surface area contributed by atoms with Gasteiger partial charge in [0, 0.05) is 12.1 Å². The standard InChI is InChI=1S/C10H11F2N/c1-7-2-3-9-8(4-7)5-10(11,12)6-13-9/h2-4,13H,5-6H2,1H3. The Labute approximate surface area is 75.8 Å². The number of benzene rings is 1. The molecule has 0 amide bonds. The predicted octanol–water partition coefficient (Wildman–Crippen LogP) is 2.60. The molecule has 1 aliphatic heterocycles. The molecule has 1 aliphatic rings. The number of nitrogens with one attached hydrogen (secondary N) is 1. The molecule has 13 heavy (non-hydrogen) atoms. The van der Waals surface area contributed by atoms with Gasteiger partial charge in [0.1, 0.15) is 0 Å². The number of fused-ring (bicyclic) bond motifs is 1. The lowest BCUT2D eigenvalue weighted by molar-refractivity contribution is 0.0129. The molecule has 0 radical (unpaired) electrons. The second-order valence-electron chi connectivity index (χ2n) is 3.55. The summed E-state index contributed by atoms with van der Waals surface area (Å²) in [6.07, 6.45) is -0.142. The summed E-state index contributed by atoms with van der Waals surface area (Å²) in [7, 11) is 0. The molecule has 0 spiro atoms. The fourth-order valence-corrected chi connectivity index (χ4v) is 1.61. The Morgan fingerprint density at radius 1 is 1.38 bits per heavy atom. The summed E-state index contributed by atoms with van der Waals surface area (Å²) in [5, 5.41) is 2.73. The first-order chi connectivity index (χ1) is 6.07. The zero-order valence-electron chi connectivity index (χ0n) is 7.40. The zero-order chi connectivity index (χ0) is 9.47. The molecule has 1 nitrogen and oxygen atoms in total. The van der Waals surface area contributed by atoms with Crippen molar-refractivity contribution in [2.45, 2.75) is 19.3 Å². The van der Waals surface area contributed by atoms with Crippen LogP contribution in [0.4, 0.5) is 14.5 Å². The summed E-state index contributed by atoms with van der Waals surface area (Å²) in [6, 6.07) is 5.60. The molecule has 0 fully saturated rings. The van der Waals surface area contributed by atoms with E-state index in [2.05, 4.69) is 5.32 Å². The molecule has 1 aromatic rings. The fourth-order valence-electron chi connectivity index (χ4n) is 1.61. The number of anilines is 1. The average Bonchev–Trinajstić information content (AvgIpc) is 2.01. The van der Waals surface area contributed by atoms with E-state index in [1.165, 1.54) is 0 Å². The lowest BCUT2D eigenvalue weighted by Gasteiger charge is -2.25. The molecule has 0 aromatic heterocycles. The zero-order valence-corrected chi connectivity index (χ0v) is 7.40. The quantitative estimate of drug-likeness (QED) is 0.651. The largest absolute Gasteiger partial charge is 0.379 e. The monoisotopic (exact) mass is 183 g/mol. The number of hydrogen-bond acceptors (Lipinski definition) is 1. The second kappa shape index (κ2) is 2.69. The Hall–Kier alpha value is -1.12. The molecule has 2 rings (SSSR count). The Balaban J connectivity index is 2.38. The van der Waals surface area contributed by atoms with Gasteiger partial charge in [-0.2, -0.15) is 0 Å². The summed E-state index contributed by atoms with van der Waals surface area (Å²) in [4.78, 5) is 0. The van der Waals surface area contributed by atoms with Crippen molar-refractivity contribution in [1.82, 2.24) is 0 Å². The molecule has 3 heteroatoms. The van der Waals surface area contributed by atoms with E-state index in [4.69, 9.17) is 0 Å². The van der Waals surface area contributed by atoms with Gasteiger partial charge in [0.2, 0.25) is 0 Å². The topological polar surface area (TPSA) is 12.0 Å². The van der Waals surface area contributed by atoms with Gasteiger partial charge in [-0.05, 0) is 18.6 Å². The molecule has 0 bridgehead atoms. The summed E-state index contributed by atoms with van der Waals surface area (Å²) in [6.45, 7) is 1.66. The molecule has 0 saturated heterocycles. The third-order valence-electron chi connectivity index (χ3n) is 2.25. The average molecular weight is 183 g/mol. The fraction of sp³-hybridized carbons (Fsp3) is 0.400. The molecule has 0 aliphatic carbocycles. The molecule has 0 saturated carbocycles. The number of alkyl halides is 2. The van der Waals surface area contributed by atoms with Crippen LogP contribution < -0.4 is 5.32 Å². The number of rotatable bonds is 0. The molecular weight excluding hydrogens is 172 g/mol. The highest BCUT2D eigenvalue weighted by atomic mass is 19.3. The SMILES string of the molecule is Cc1ccc2c(c1)CC(F)(F)CN2. The molecule has 1 aromatic carbocycles. The van der Waals surface area contributed by atoms with Gasteiger partial charge >= 0.3 is 0 Å². The first-order valence-corrected chi connectivity index (χ1v) is 4.28. The lowest BCUT2D eigenvalue weighted by atomic mass is 9.99. The van der Waals surface area contributed by atoms with Crippen LogP contribution in [0.25, 0.3) is 0 Å². The third-order valence-corrected chi connectivity index (χ3v) is 2.25. The van der Waals surface area contributed by atoms with Gasteiger partial charge in [0.15, 0.2) is 0 Å². The van der Waals surface area contributed by atoms with E-state index >= 15 is 0 Å². The number of hydrogen-bond donors (Lipinski definition) is 1. The second-order valence-corrected chi connectivity index (χ2v) is 3.55. The molecular formula is C10H11F2N. The lowest BCUT2D eigenvalue weighted by Crippen LogP contribution is -2.34. The van der Waals surface area contributed by atoms with Crippen molar-refractivity contribution in [2.75, 3.05) is 11.9 Å². The van der Waals surface area contributed by atoms with Crippen LogP contribution in [0.2, 0.25) is 0 Å². The minimum absolute atomic E-state index is 0.142. The van der Waals surface area contributed by atoms with E-state index in [0.717, 1.165) is 16.8 Å². The summed E-state index contributed by atoms with van der Waals surface area (Å²) in [5.74, 6) is -2.60. The van der Waals surface area contributed by atoms with E-state index in [9.17, 15) is 8.78 Å². The van der Waals surface area contributed by atoms with E-state index in [1.807, 2.05) is 25.1 Å². The van der Waals surface area contributed by atoms with Crippen molar-refractivity contribution in [3.8, 4) is 0 Å². The van der Waals surface area contributed by atoms with E-state index < -0.39 is 5.92 Å². The van der Waals surface area contributed by atoms with Gasteiger partial charge in [0.25, 0.3) is 5.92 Å². The van der Waals surface area contributed by atoms with Gasteiger partial charge in [-0.1, -0.05) is 17.7 Å². The maximum Gasteiger partial charge on any atom is 0.269 e. The van der Waals surface area contributed by atoms with Crippen LogP contribution in [0.15, 0.2) is 18.2 Å².